The summed E-state index contributed by atoms with van der Waals surface area (Å²) in [5, 5.41) is 12.7. The summed E-state index contributed by atoms with van der Waals surface area (Å²) in [6.07, 6.45) is -1.02. The topological polar surface area (TPSA) is 78.9 Å². The van der Waals surface area contributed by atoms with Gasteiger partial charge in [0.2, 0.25) is 0 Å². The van der Waals surface area contributed by atoms with Gasteiger partial charge < -0.3 is 15.2 Å². The second kappa shape index (κ2) is 9.08. The number of carbonyl (C=O) groups excluding carboxylic acids is 1. The van der Waals surface area contributed by atoms with Gasteiger partial charge in [-0.25, -0.2) is 9.59 Å². The van der Waals surface area contributed by atoms with Gasteiger partial charge in [0.05, 0.1) is 0 Å². The van der Waals surface area contributed by atoms with Crippen LogP contribution in [0.2, 0.25) is 0 Å². The molecule has 2 atom stereocenters. The van der Waals surface area contributed by atoms with Crippen molar-refractivity contribution in [2.45, 2.75) is 24.5 Å². The molecule has 2 unspecified atom stereocenters. The highest BCUT2D eigenvalue weighted by atomic mass is 16.5. The SMILES string of the molecule is O=C(OC(CC1c2ccccc2-c2ccccc21)c1ccccc1)C1CNCCN1C(=O)O. The molecule has 0 aromatic heterocycles. The summed E-state index contributed by atoms with van der Waals surface area (Å²) in [7, 11) is 0. The Hall–Kier alpha value is -3.64. The number of benzene rings is 3. The van der Waals surface area contributed by atoms with Crippen LogP contribution in [0.5, 0.6) is 0 Å². The van der Waals surface area contributed by atoms with E-state index in [1.54, 1.807) is 0 Å². The highest BCUT2D eigenvalue weighted by Crippen LogP contribution is 2.48. The van der Waals surface area contributed by atoms with Crippen LogP contribution >= 0.6 is 0 Å². The quantitative estimate of drug-likeness (QED) is 0.572. The minimum absolute atomic E-state index is 0.0791. The van der Waals surface area contributed by atoms with Gasteiger partial charge in [-0.1, -0.05) is 78.9 Å². The number of fused-ring (bicyclic) bond motifs is 3. The average molecular weight is 443 g/mol. The van der Waals surface area contributed by atoms with Crippen LogP contribution in [0.15, 0.2) is 78.9 Å². The first-order valence-corrected chi connectivity index (χ1v) is 11.3. The lowest BCUT2D eigenvalue weighted by Crippen LogP contribution is -2.57. The van der Waals surface area contributed by atoms with Crippen molar-refractivity contribution < 1.29 is 19.4 Å². The first kappa shape index (κ1) is 21.2. The maximum Gasteiger partial charge on any atom is 0.408 e. The predicted molar refractivity (Wildman–Crippen MR) is 125 cm³/mol. The van der Waals surface area contributed by atoms with Gasteiger partial charge in [0.15, 0.2) is 0 Å². The Morgan fingerprint density at radius 3 is 2.18 bits per heavy atom. The summed E-state index contributed by atoms with van der Waals surface area (Å²) in [5.41, 5.74) is 5.78. The lowest BCUT2D eigenvalue weighted by molar-refractivity contribution is -0.156. The number of nitrogens with zero attached hydrogens (tertiary/aromatic N) is 1. The van der Waals surface area contributed by atoms with E-state index in [9.17, 15) is 14.7 Å². The molecule has 0 bridgehead atoms. The monoisotopic (exact) mass is 442 g/mol. The smallest absolute Gasteiger partial charge is 0.408 e. The Morgan fingerprint density at radius 2 is 1.55 bits per heavy atom. The minimum atomic E-state index is -1.10. The molecule has 3 aromatic rings. The van der Waals surface area contributed by atoms with Crippen LogP contribution in [-0.4, -0.2) is 47.7 Å². The second-order valence-corrected chi connectivity index (χ2v) is 8.49. The summed E-state index contributed by atoms with van der Waals surface area (Å²) in [6, 6.07) is 25.6. The summed E-state index contributed by atoms with van der Waals surface area (Å²) in [5.74, 6) is -0.437. The number of rotatable bonds is 5. The van der Waals surface area contributed by atoms with E-state index in [0.717, 1.165) is 5.56 Å². The summed E-state index contributed by atoms with van der Waals surface area (Å²) in [6.45, 7) is 1.03. The summed E-state index contributed by atoms with van der Waals surface area (Å²) < 4.78 is 6.06. The Morgan fingerprint density at radius 1 is 0.939 bits per heavy atom. The fourth-order valence-corrected chi connectivity index (χ4v) is 5.01. The van der Waals surface area contributed by atoms with Gasteiger partial charge in [-0.05, 0) is 34.2 Å². The van der Waals surface area contributed by atoms with E-state index >= 15 is 0 Å². The van der Waals surface area contributed by atoms with Crippen LogP contribution in [0, 0.1) is 0 Å². The van der Waals surface area contributed by atoms with Crippen molar-refractivity contribution in [2.24, 2.45) is 0 Å². The zero-order chi connectivity index (χ0) is 22.8. The molecule has 6 nitrogen and oxygen atoms in total. The molecule has 1 saturated heterocycles. The third-order valence-electron chi connectivity index (χ3n) is 6.60. The van der Waals surface area contributed by atoms with E-state index in [1.807, 2.05) is 54.6 Å². The van der Waals surface area contributed by atoms with Gasteiger partial charge >= 0.3 is 12.1 Å². The number of hydrogen-bond donors (Lipinski definition) is 2. The molecular formula is C27H26N2O4. The van der Waals surface area contributed by atoms with Crippen LogP contribution in [-0.2, 0) is 9.53 Å². The van der Waals surface area contributed by atoms with Gasteiger partial charge in [-0.3, -0.25) is 4.90 Å². The fraction of sp³-hybridized carbons (Fsp3) is 0.259. The first-order chi connectivity index (χ1) is 16.1. The van der Waals surface area contributed by atoms with E-state index in [2.05, 4.69) is 29.6 Å². The number of carbonyl (C=O) groups is 2. The molecular weight excluding hydrogens is 416 g/mol. The second-order valence-electron chi connectivity index (χ2n) is 8.49. The van der Waals surface area contributed by atoms with Crippen molar-refractivity contribution in [1.29, 1.82) is 0 Å². The molecule has 2 aliphatic rings. The van der Waals surface area contributed by atoms with E-state index in [4.69, 9.17) is 4.74 Å². The molecule has 0 radical (unpaired) electrons. The molecule has 1 heterocycles. The minimum Gasteiger partial charge on any atom is -0.465 e. The number of ether oxygens (including phenoxy) is 1. The van der Waals surface area contributed by atoms with E-state index in [0.29, 0.717) is 13.0 Å². The molecule has 0 saturated carbocycles. The molecule has 3 aromatic carbocycles. The highest BCUT2D eigenvalue weighted by Gasteiger charge is 2.37. The maximum absolute atomic E-state index is 13.2. The number of esters is 1. The average Bonchev–Trinajstić information content (AvgIpc) is 3.18. The number of piperazine rings is 1. The number of amides is 1. The molecule has 1 amide bonds. The highest BCUT2D eigenvalue weighted by molar-refractivity contribution is 5.82. The molecule has 33 heavy (non-hydrogen) atoms. The lowest BCUT2D eigenvalue weighted by Gasteiger charge is -2.33. The molecule has 5 rings (SSSR count). The Labute approximate surface area is 192 Å². The molecule has 168 valence electrons. The molecule has 1 aliphatic carbocycles. The standard InChI is InChI=1S/C27H26N2O4/c30-26(24-17-28-14-15-29(24)27(31)32)33-25(18-8-2-1-3-9-18)16-23-21-12-6-4-10-19(21)20-11-5-7-13-22(20)23/h1-13,23-25,28H,14-17H2,(H,31,32). The van der Waals surface area contributed by atoms with Gasteiger partial charge in [0.25, 0.3) is 0 Å². The zero-order valence-electron chi connectivity index (χ0n) is 18.2. The number of nitrogens with one attached hydrogen (secondary N) is 1. The van der Waals surface area contributed by atoms with Crippen molar-refractivity contribution >= 4 is 12.1 Å². The Bertz CT molecular complexity index is 1120. The summed E-state index contributed by atoms with van der Waals surface area (Å²) in [4.78, 5) is 26.0. The van der Waals surface area contributed by atoms with Crippen LogP contribution in [0.25, 0.3) is 11.1 Å². The van der Waals surface area contributed by atoms with Crippen molar-refractivity contribution in [3.8, 4) is 11.1 Å². The third-order valence-corrected chi connectivity index (χ3v) is 6.60. The maximum atomic E-state index is 13.2. The van der Waals surface area contributed by atoms with Crippen molar-refractivity contribution in [2.75, 3.05) is 19.6 Å². The lowest BCUT2D eigenvalue weighted by atomic mass is 9.89. The predicted octanol–water partition coefficient (Wildman–Crippen LogP) is 4.43. The third kappa shape index (κ3) is 4.10. The van der Waals surface area contributed by atoms with Crippen LogP contribution in [0.1, 0.15) is 35.1 Å². The molecule has 2 N–H and O–H groups in total. The van der Waals surface area contributed by atoms with Gasteiger partial charge in [-0.15, -0.1) is 0 Å². The largest absolute Gasteiger partial charge is 0.465 e. The Kier molecular flexibility index (Phi) is 5.84. The number of hydrogen-bond acceptors (Lipinski definition) is 4. The van der Waals surface area contributed by atoms with E-state index in [1.165, 1.54) is 27.2 Å². The molecule has 1 aliphatic heterocycles. The normalized spacial score (nSPS) is 18.3. The Balaban J connectivity index is 1.46. The van der Waals surface area contributed by atoms with Crippen LogP contribution in [0.3, 0.4) is 0 Å². The van der Waals surface area contributed by atoms with Crippen molar-refractivity contribution in [3.63, 3.8) is 0 Å². The van der Waals surface area contributed by atoms with Crippen LogP contribution in [0.4, 0.5) is 4.79 Å². The molecule has 1 fully saturated rings. The van der Waals surface area contributed by atoms with Crippen LogP contribution < -0.4 is 5.32 Å². The number of carboxylic acid groups (broad SMARTS) is 1. The van der Waals surface area contributed by atoms with Gasteiger partial charge in [-0.2, -0.15) is 0 Å². The summed E-state index contributed by atoms with van der Waals surface area (Å²) >= 11 is 0. The van der Waals surface area contributed by atoms with E-state index < -0.39 is 24.2 Å². The van der Waals surface area contributed by atoms with Crippen molar-refractivity contribution in [1.82, 2.24) is 10.2 Å². The zero-order valence-corrected chi connectivity index (χ0v) is 18.2. The molecule has 0 spiro atoms. The first-order valence-electron chi connectivity index (χ1n) is 11.3. The fourth-order valence-electron chi connectivity index (χ4n) is 5.01. The van der Waals surface area contributed by atoms with Gasteiger partial charge in [0, 0.05) is 25.6 Å². The van der Waals surface area contributed by atoms with Crippen molar-refractivity contribution in [3.05, 3.63) is 95.6 Å². The van der Waals surface area contributed by atoms with E-state index in [-0.39, 0.29) is 19.0 Å². The molecule has 6 heteroatoms. The van der Waals surface area contributed by atoms with Gasteiger partial charge in [0.1, 0.15) is 12.1 Å².